The molecule has 3 nitrogen and oxygen atoms in total. The second-order valence-electron chi connectivity index (χ2n) is 7.05. The van der Waals surface area contributed by atoms with E-state index in [9.17, 15) is 4.79 Å². The lowest BCUT2D eigenvalue weighted by Crippen LogP contribution is -2.37. The SMILES string of the molecule is O=C(Nc1ccc(Oc2ccccc2)cc1)C1(c2ccccc2)CCCC1. The van der Waals surface area contributed by atoms with Crippen molar-refractivity contribution < 1.29 is 9.53 Å². The molecule has 0 bridgehead atoms. The van der Waals surface area contributed by atoms with Gasteiger partial charge in [0, 0.05) is 5.69 Å². The molecular formula is C24H23NO2. The highest BCUT2D eigenvalue weighted by molar-refractivity contribution is 5.99. The van der Waals surface area contributed by atoms with Crippen molar-refractivity contribution in [3.63, 3.8) is 0 Å². The van der Waals surface area contributed by atoms with E-state index in [1.807, 2.05) is 72.8 Å². The molecule has 3 heteroatoms. The summed E-state index contributed by atoms with van der Waals surface area (Å²) in [5.41, 5.74) is 1.49. The van der Waals surface area contributed by atoms with Gasteiger partial charge in [0.05, 0.1) is 5.41 Å². The van der Waals surface area contributed by atoms with Crippen molar-refractivity contribution >= 4 is 11.6 Å². The van der Waals surface area contributed by atoms with Crippen molar-refractivity contribution in [3.05, 3.63) is 90.5 Å². The zero-order valence-electron chi connectivity index (χ0n) is 15.2. The van der Waals surface area contributed by atoms with Gasteiger partial charge in [0.1, 0.15) is 11.5 Å². The maximum absolute atomic E-state index is 13.2. The van der Waals surface area contributed by atoms with E-state index in [-0.39, 0.29) is 5.91 Å². The lowest BCUT2D eigenvalue weighted by Gasteiger charge is -2.28. The van der Waals surface area contributed by atoms with Crippen molar-refractivity contribution in [2.75, 3.05) is 5.32 Å². The van der Waals surface area contributed by atoms with Gasteiger partial charge in [-0.2, -0.15) is 0 Å². The van der Waals surface area contributed by atoms with Gasteiger partial charge in [-0.05, 0) is 54.8 Å². The van der Waals surface area contributed by atoms with Gasteiger partial charge < -0.3 is 10.1 Å². The fourth-order valence-corrected chi connectivity index (χ4v) is 3.86. The third-order valence-electron chi connectivity index (χ3n) is 5.31. The van der Waals surface area contributed by atoms with Gasteiger partial charge in [-0.25, -0.2) is 0 Å². The number of carbonyl (C=O) groups is 1. The normalized spacial score (nSPS) is 15.3. The van der Waals surface area contributed by atoms with Crippen LogP contribution in [0.4, 0.5) is 5.69 Å². The predicted molar refractivity (Wildman–Crippen MR) is 108 cm³/mol. The van der Waals surface area contributed by atoms with Gasteiger partial charge in [0.2, 0.25) is 5.91 Å². The van der Waals surface area contributed by atoms with Gasteiger partial charge >= 0.3 is 0 Å². The van der Waals surface area contributed by atoms with Gasteiger partial charge in [-0.1, -0.05) is 61.4 Å². The number of nitrogens with one attached hydrogen (secondary N) is 1. The molecule has 1 N–H and O–H groups in total. The maximum Gasteiger partial charge on any atom is 0.235 e. The Bertz CT molecular complexity index is 883. The summed E-state index contributed by atoms with van der Waals surface area (Å²) >= 11 is 0. The molecule has 3 aromatic carbocycles. The Morgan fingerprint density at radius 2 is 1.30 bits per heavy atom. The number of benzene rings is 3. The van der Waals surface area contributed by atoms with Gasteiger partial charge in [0.25, 0.3) is 0 Å². The maximum atomic E-state index is 13.2. The number of anilines is 1. The molecule has 136 valence electrons. The number of rotatable bonds is 5. The summed E-state index contributed by atoms with van der Waals surface area (Å²) < 4.78 is 5.81. The summed E-state index contributed by atoms with van der Waals surface area (Å²) in [6, 6.07) is 27.4. The minimum absolute atomic E-state index is 0.0860. The minimum Gasteiger partial charge on any atom is -0.457 e. The highest BCUT2D eigenvalue weighted by Gasteiger charge is 2.42. The molecule has 1 saturated carbocycles. The molecule has 0 atom stereocenters. The Balaban J connectivity index is 1.49. The lowest BCUT2D eigenvalue weighted by atomic mass is 9.78. The van der Waals surface area contributed by atoms with Gasteiger partial charge in [-0.3, -0.25) is 4.79 Å². The zero-order chi connectivity index (χ0) is 18.5. The van der Waals surface area contributed by atoms with Gasteiger partial charge in [0.15, 0.2) is 0 Å². The Hall–Kier alpha value is -3.07. The molecule has 0 spiro atoms. The van der Waals surface area contributed by atoms with Crippen molar-refractivity contribution in [3.8, 4) is 11.5 Å². The monoisotopic (exact) mass is 357 g/mol. The number of hydrogen-bond donors (Lipinski definition) is 1. The molecular weight excluding hydrogens is 334 g/mol. The smallest absolute Gasteiger partial charge is 0.235 e. The van der Waals surface area contributed by atoms with Crippen LogP contribution >= 0.6 is 0 Å². The van der Waals surface area contributed by atoms with Crippen molar-refractivity contribution in [2.45, 2.75) is 31.1 Å². The summed E-state index contributed by atoms with van der Waals surface area (Å²) in [6.07, 6.45) is 3.98. The average Bonchev–Trinajstić information content (AvgIpc) is 3.22. The standard InChI is InChI=1S/C24H23NO2/c26-23(24(17-7-8-18-24)19-9-3-1-4-10-19)25-20-13-15-22(16-14-20)27-21-11-5-2-6-12-21/h1-6,9-16H,7-8,17-18H2,(H,25,26). The molecule has 1 amide bonds. The third kappa shape index (κ3) is 3.72. The lowest BCUT2D eigenvalue weighted by molar-refractivity contribution is -0.121. The zero-order valence-corrected chi connectivity index (χ0v) is 15.2. The number of hydrogen-bond acceptors (Lipinski definition) is 2. The molecule has 1 fully saturated rings. The summed E-state index contributed by atoms with van der Waals surface area (Å²) in [5, 5.41) is 3.12. The molecule has 1 aliphatic rings. The molecule has 27 heavy (non-hydrogen) atoms. The number of para-hydroxylation sites is 1. The number of amides is 1. The molecule has 0 aromatic heterocycles. The molecule has 0 heterocycles. The first kappa shape index (κ1) is 17.3. The first-order chi connectivity index (χ1) is 13.3. The van der Waals surface area contributed by atoms with Crippen LogP contribution < -0.4 is 10.1 Å². The third-order valence-corrected chi connectivity index (χ3v) is 5.31. The summed E-state index contributed by atoms with van der Waals surface area (Å²) in [4.78, 5) is 13.2. The topological polar surface area (TPSA) is 38.3 Å². The van der Waals surface area contributed by atoms with E-state index in [4.69, 9.17) is 4.74 Å². The van der Waals surface area contributed by atoms with E-state index in [1.165, 1.54) is 0 Å². The Morgan fingerprint density at radius 1 is 0.741 bits per heavy atom. The second-order valence-corrected chi connectivity index (χ2v) is 7.05. The van der Waals surface area contributed by atoms with Crippen LogP contribution in [0.15, 0.2) is 84.9 Å². The van der Waals surface area contributed by atoms with E-state index in [2.05, 4.69) is 17.4 Å². The molecule has 0 unspecified atom stereocenters. The second kappa shape index (κ2) is 7.67. The first-order valence-corrected chi connectivity index (χ1v) is 9.46. The van der Waals surface area contributed by atoms with E-state index in [1.54, 1.807) is 0 Å². The Kier molecular flexibility index (Phi) is 4.93. The summed E-state index contributed by atoms with van der Waals surface area (Å²) in [5.74, 6) is 1.63. The van der Waals surface area contributed by atoms with E-state index in [0.29, 0.717) is 0 Å². The van der Waals surface area contributed by atoms with Crippen LogP contribution in [0.1, 0.15) is 31.2 Å². The van der Waals surface area contributed by atoms with E-state index >= 15 is 0 Å². The highest BCUT2D eigenvalue weighted by Crippen LogP contribution is 2.42. The fourth-order valence-electron chi connectivity index (χ4n) is 3.86. The molecule has 3 aromatic rings. The first-order valence-electron chi connectivity index (χ1n) is 9.46. The average molecular weight is 357 g/mol. The quantitative estimate of drug-likeness (QED) is 0.614. The van der Waals surface area contributed by atoms with E-state index in [0.717, 1.165) is 48.4 Å². The van der Waals surface area contributed by atoms with Crippen molar-refractivity contribution in [1.29, 1.82) is 0 Å². The van der Waals surface area contributed by atoms with Crippen LogP contribution in [0, 0.1) is 0 Å². The Labute approximate surface area is 160 Å². The summed E-state index contributed by atoms with van der Waals surface area (Å²) in [6.45, 7) is 0. The van der Waals surface area contributed by atoms with Crippen LogP contribution in [0.5, 0.6) is 11.5 Å². The highest BCUT2D eigenvalue weighted by atomic mass is 16.5. The van der Waals surface area contributed by atoms with Crippen LogP contribution in [-0.2, 0) is 10.2 Å². The van der Waals surface area contributed by atoms with Crippen LogP contribution in [0.2, 0.25) is 0 Å². The van der Waals surface area contributed by atoms with Crippen LogP contribution in [0.3, 0.4) is 0 Å². The fraction of sp³-hybridized carbons (Fsp3) is 0.208. The number of carbonyl (C=O) groups excluding carboxylic acids is 1. The largest absolute Gasteiger partial charge is 0.457 e. The summed E-state index contributed by atoms with van der Waals surface area (Å²) in [7, 11) is 0. The molecule has 0 radical (unpaired) electrons. The molecule has 4 rings (SSSR count). The van der Waals surface area contributed by atoms with Crippen LogP contribution in [-0.4, -0.2) is 5.91 Å². The minimum atomic E-state index is -0.416. The van der Waals surface area contributed by atoms with Crippen molar-refractivity contribution in [1.82, 2.24) is 0 Å². The molecule has 0 aliphatic heterocycles. The number of ether oxygens (including phenoxy) is 1. The molecule has 1 aliphatic carbocycles. The van der Waals surface area contributed by atoms with Crippen molar-refractivity contribution in [2.24, 2.45) is 0 Å². The van der Waals surface area contributed by atoms with Crippen LogP contribution in [0.25, 0.3) is 0 Å². The van der Waals surface area contributed by atoms with Gasteiger partial charge in [-0.15, -0.1) is 0 Å². The predicted octanol–water partition coefficient (Wildman–Crippen LogP) is 5.93. The molecule has 0 saturated heterocycles. The Morgan fingerprint density at radius 3 is 1.93 bits per heavy atom. The van der Waals surface area contributed by atoms with E-state index < -0.39 is 5.41 Å².